The molecule has 0 saturated heterocycles. The van der Waals surface area contributed by atoms with Crippen molar-refractivity contribution in [3.05, 3.63) is 51.5 Å². The SMILES string of the molecule is O=c1[nH][nH]c(=O)n1-c1ccc2occc2c1. The molecular formula is C10H7N3O3. The average molecular weight is 217 g/mol. The average Bonchev–Trinajstić information content (AvgIpc) is 2.85. The molecule has 0 spiro atoms. The highest BCUT2D eigenvalue weighted by Crippen LogP contribution is 2.17. The Morgan fingerprint density at radius 1 is 1.06 bits per heavy atom. The summed E-state index contributed by atoms with van der Waals surface area (Å²) in [5.41, 5.74) is 0.228. The second-order valence-corrected chi connectivity index (χ2v) is 3.34. The van der Waals surface area contributed by atoms with Gasteiger partial charge in [0.1, 0.15) is 5.58 Å². The Hall–Kier alpha value is -2.50. The van der Waals surface area contributed by atoms with Crippen LogP contribution in [0.2, 0.25) is 0 Å². The maximum atomic E-state index is 11.4. The number of nitrogens with one attached hydrogen (secondary N) is 2. The summed E-state index contributed by atoms with van der Waals surface area (Å²) < 4.78 is 6.19. The van der Waals surface area contributed by atoms with Gasteiger partial charge in [0.05, 0.1) is 12.0 Å². The predicted molar refractivity (Wildman–Crippen MR) is 56.8 cm³/mol. The topological polar surface area (TPSA) is 83.8 Å². The Morgan fingerprint density at radius 3 is 2.56 bits per heavy atom. The van der Waals surface area contributed by atoms with Crippen LogP contribution in [-0.2, 0) is 0 Å². The van der Waals surface area contributed by atoms with E-state index in [-0.39, 0.29) is 0 Å². The number of aromatic nitrogens is 3. The van der Waals surface area contributed by atoms with Crippen LogP contribution in [0.3, 0.4) is 0 Å². The van der Waals surface area contributed by atoms with Gasteiger partial charge in [-0.05, 0) is 24.3 Å². The summed E-state index contributed by atoms with van der Waals surface area (Å²) in [5, 5.41) is 5.29. The number of furan rings is 1. The number of hydrogen-bond donors (Lipinski definition) is 2. The standard InChI is InChI=1S/C10H7N3O3/c14-9-11-12-10(15)13(9)7-1-2-8-6(5-7)3-4-16-8/h1-5H,(H,11,14)(H,12,15). The van der Waals surface area contributed by atoms with Crippen LogP contribution >= 0.6 is 0 Å². The first-order valence-corrected chi connectivity index (χ1v) is 4.63. The van der Waals surface area contributed by atoms with Crippen LogP contribution < -0.4 is 11.4 Å². The smallest absolute Gasteiger partial charge is 0.348 e. The molecule has 0 radical (unpaired) electrons. The highest BCUT2D eigenvalue weighted by Gasteiger charge is 2.06. The van der Waals surface area contributed by atoms with Crippen molar-refractivity contribution in [1.29, 1.82) is 0 Å². The van der Waals surface area contributed by atoms with E-state index < -0.39 is 11.4 Å². The highest BCUT2D eigenvalue weighted by atomic mass is 16.3. The fourth-order valence-electron chi connectivity index (χ4n) is 1.64. The van der Waals surface area contributed by atoms with E-state index in [1.165, 1.54) is 0 Å². The Kier molecular flexibility index (Phi) is 1.64. The molecule has 6 heteroatoms. The molecule has 0 fully saturated rings. The molecule has 2 aromatic heterocycles. The summed E-state index contributed by atoms with van der Waals surface area (Å²) in [6.45, 7) is 0. The minimum absolute atomic E-state index is 0.493. The highest BCUT2D eigenvalue weighted by molar-refractivity contribution is 5.79. The van der Waals surface area contributed by atoms with E-state index >= 15 is 0 Å². The molecule has 1 aromatic carbocycles. The lowest BCUT2D eigenvalue weighted by molar-refractivity contribution is 0.616. The number of benzene rings is 1. The predicted octanol–water partition coefficient (Wildman–Crippen LogP) is 0.600. The second-order valence-electron chi connectivity index (χ2n) is 3.34. The van der Waals surface area contributed by atoms with Crippen molar-refractivity contribution in [3.63, 3.8) is 0 Å². The first kappa shape index (κ1) is 8.78. The monoisotopic (exact) mass is 217 g/mol. The van der Waals surface area contributed by atoms with Gasteiger partial charge < -0.3 is 4.42 Å². The molecule has 0 aliphatic heterocycles. The molecule has 0 atom stereocenters. The van der Waals surface area contributed by atoms with Crippen LogP contribution in [0.15, 0.2) is 44.5 Å². The van der Waals surface area contributed by atoms with Gasteiger partial charge in [-0.25, -0.2) is 24.4 Å². The van der Waals surface area contributed by atoms with Gasteiger partial charge in [0, 0.05) is 5.39 Å². The molecule has 2 N–H and O–H groups in total. The fraction of sp³-hybridized carbons (Fsp3) is 0. The van der Waals surface area contributed by atoms with Crippen LogP contribution in [0.5, 0.6) is 0 Å². The van der Waals surface area contributed by atoms with Crippen molar-refractivity contribution in [2.75, 3.05) is 0 Å². The van der Waals surface area contributed by atoms with Gasteiger partial charge >= 0.3 is 11.4 Å². The second kappa shape index (κ2) is 2.99. The third-order valence-corrected chi connectivity index (χ3v) is 2.38. The van der Waals surface area contributed by atoms with E-state index in [4.69, 9.17) is 4.42 Å². The molecular weight excluding hydrogens is 210 g/mol. The van der Waals surface area contributed by atoms with E-state index in [1.807, 2.05) is 0 Å². The Balaban J connectivity index is 2.34. The van der Waals surface area contributed by atoms with E-state index in [0.717, 1.165) is 9.95 Å². The van der Waals surface area contributed by atoms with Gasteiger partial charge in [0.2, 0.25) is 0 Å². The third-order valence-electron chi connectivity index (χ3n) is 2.38. The summed E-state index contributed by atoms with van der Waals surface area (Å²) >= 11 is 0. The van der Waals surface area contributed by atoms with Crippen LogP contribution in [0.25, 0.3) is 16.7 Å². The van der Waals surface area contributed by atoms with Gasteiger partial charge in [-0.1, -0.05) is 0 Å². The molecule has 0 saturated carbocycles. The quantitative estimate of drug-likeness (QED) is 0.626. The number of aromatic amines is 2. The number of H-pyrrole nitrogens is 2. The van der Waals surface area contributed by atoms with Gasteiger partial charge in [0.25, 0.3) is 0 Å². The summed E-state index contributed by atoms with van der Waals surface area (Å²) in [7, 11) is 0. The van der Waals surface area contributed by atoms with E-state index in [0.29, 0.717) is 11.3 Å². The summed E-state index contributed by atoms with van der Waals surface area (Å²) in [6.07, 6.45) is 1.55. The van der Waals surface area contributed by atoms with Crippen molar-refractivity contribution in [3.8, 4) is 5.69 Å². The Bertz CT molecular complexity index is 732. The van der Waals surface area contributed by atoms with Gasteiger partial charge in [-0.15, -0.1) is 0 Å². The zero-order valence-corrected chi connectivity index (χ0v) is 8.06. The van der Waals surface area contributed by atoms with Crippen molar-refractivity contribution in [1.82, 2.24) is 14.8 Å². The summed E-state index contributed by atoms with van der Waals surface area (Å²) in [4.78, 5) is 22.7. The molecule has 0 aliphatic rings. The maximum absolute atomic E-state index is 11.4. The lowest BCUT2D eigenvalue weighted by Crippen LogP contribution is -2.24. The molecule has 0 bridgehead atoms. The van der Waals surface area contributed by atoms with Crippen LogP contribution in [0.4, 0.5) is 0 Å². The summed E-state index contributed by atoms with van der Waals surface area (Å²) in [6, 6.07) is 6.84. The van der Waals surface area contributed by atoms with E-state index in [1.54, 1.807) is 30.5 Å². The lowest BCUT2D eigenvalue weighted by atomic mass is 10.2. The van der Waals surface area contributed by atoms with Crippen LogP contribution in [0.1, 0.15) is 0 Å². The van der Waals surface area contributed by atoms with Crippen molar-refractivity contribution in [2.45, 2.75) is 0 Å². The Labute approximate surface area is 88.1 Å². The third kappa shape index (κ3) is 1.13. The molecule has 0 amide bonds. The van der Waals surface area contributed by atoms with Crippen molar-refractivity contribution < 1.29 is 4.42 Å². The number of nitrogens with zero attached hydrogens (tertiary/aromatic N) is 1. The molecule has 0 unspecified atom stereocenters. The zero-order valence-electron chi connectivity index (χ0n) is 8.06. The minimum Gasteiger partial charge on any atom is -0.464 e. The molecule has 2 heterocycles. The minimum atomic E-state index is -0.493. The van der Waals surface area contributed by atoms with E-state index in [2.05, 4.69) is 10.2 Å². The normalized spacial score (nSPS) is 11.0. The van der Waals surface area contributed by atoms with Crippen molar-refractivity contribution >= 4 is 11.0 Å². The molecule has 16 heavy (non-hydrogen) atoms. The molecule has 0 aliphatic carbocycles. The van der Waals surface area contributed by atoms with Gasteiger partial charge in [-0.2, -0.15) is 0 Å². The lowest BCUT2D eigenvalue weighted by Gasteiger charge is -1.97. The fourth-order valence-corrected chi connectivity index (χ4v) is 1.64. The zero-order chi connectivity index (χ0) is 11.1. The maximum Gasteiger partial charge on any atom is 0.348 e. The van der Waals surface area contributed by atoms with Gasteiger partial charge in [0.15, 0.2) is 0 Å². The number of hydrogen-bond acceptors (Lipinski definition) is 3. The first-order valence-electron chi connectivity index (χ1n) is 4.63. The van der Waals surface area contributed by atoms with Crippen LogP contribution in [0, 0.1) is 0 Å². The molecule has 3 aromatic rings. The number of rotatable bonds is 1. The number of fused-ring (bicyclic) bond motifs is 1. The molecule has 3 rings (SSSR count). The van der Waals surface area contributed by atoms with Gasteiger partial charge in [-0.3, -0.25) is 0 Å². The van der Waals surface area contributed by atoms with Crippen molar-refractivity contribution in [2.24, 2.45) is 0 Å². The van der Waals surface area contributed by atoms with E-state index in [9.17, 15) is 9.59 Å². The Morgan fingerprint density at radius 2 is 1.81 bits per heavy atom. The molecule has 6 nitrogen and oxygen atoms in total. The molecule has 80 valence electrons. The summed E-state index contributed by atoms with van der Waals surface area (Å²) in [5.74, 6) is 0. The van der Waals surface area contributed by atoms with Crippen LogP contribution in [-0.4, -0.2) is 14.8 Å². The largest absolute Gasteiger partial charge is 0.464 e. The first-order chi connectivity index (χ1) is 7.75.